The first-order valence-electron chi connectivity index (χ1n) is 7.80. The van der Waals surface area contributed by atoms with Crippen molar-refractivity contribution in [3.8, 4) is 0 Å². The molecular weight excluding hydrogens is 300 g/mol. The van der Waals surface area contributed by atoms with Crippen molar-refractivity contribution in [2.75, 3.05) is 0 Å². The zero-order valence-corrected chi connectivity index (χ0v) is 13.2. The molecule has 0 fully saturated rings. The first-order valence-corrected chi connectivity index (χ1v) is 7.80. The molecule has 1 aromatic heterocycles. The van der Waals surface area contributed by atoms with Crippen LogP contribution in [0.25, 0.3) is 17.0 Å². The van der Waals surface area contributed by atoms with Crippen LogP contribution in [0.2, 0.25) is 0 Å². The molecule has 1 N–H and O–H groups in total. The van der Waals surface area contributed by atoms with Crippen molar-refractivity contribution in [2.45, 2.75) is 12.8 Å². The van der Waals surface area contributed by atoms with Crippen LogP contribution in [0.5, 0.6) is 0 Å². The highest BCUT2D eigenvalue weighted by Gasteiger charge is 2.02. The number of carbonyl (C=O) groups excluding carboxylic acids is 1. The van der Waals surface area contributed by atoms with Crippen LogP contribution in [-0.2, 0) is 16.0 Å². The summed E-state index contributed by atoms with van der Waals surface area (Å²) < 4.78 is 4.98. The number of aromatic nitrogens is 1. The molecule has 0 amide bonds. The van der Waals surface area contributed by atoms with Crippen LogP contribution in [0.15, 0.2) is 72.0 Å². The Balaban J connectivity index is 1.70. The molecule has 0 aliphatic carbocycles. The quantitative estimate of drug-likeness (QED) is 0.417. The number of aliphatic imine (C=N–C) groups is 1. The predicted octanol–water partition coefficient (Wildman–Crippen LogP) is 4.34. The molecule has 1 heterocycles. The normalized spacial score (nSPS) is 11.9. The lowest BCUT2D eigenvalue weighted by molar-refractivity contribution is -0.121. The van der Waals surface area contributed by atoms with Gasteiger partial charge in [0.25, 0.3) is 6.47 Å². The Bertz CT molecular complexity index is 863. The van der Waals surface area contributed by atoms with Gasteiger partial charge < -0.3 is 9.72 Å². The van der Waals surface area contributed by atoms with Gasteiger partial charge in [0.1, 0.15) is 0 Å². The van der Waals surface area contributed by atoms with Gasteiger partial charge in [-0.05, 0) is 24.1 Å². The summed E-state index contributed by atoms with van der Waals surface area (Å²) in [4.78, 5) is 18.2. The molecule has 3 aromatic rings. The van der Waals surface area contributed by atoms with Gasteiger partial charge in [-0.25, -0.2) is 4.99 Å². The van der Waals surface area contributed by atoms with Crippen molar-refractivity contribution >= 4 is 29.3 Å². The molecule has 4 nitrogen and oxygen atoms in total. The van der Waals surface area contributed by atoms with Crippen LogP contribution in [0, 0.1) is 0 Å². The van der Waals surface area contributed by atoms with Crippen molar-refractivity contribution in [1.82, 2.24) is 4.98 Å². The number of aryl methyl sites for hydroxylation is 1. The molecule has 120 valence electrons. The fourth-order valence-corrected chi connectivity index (χ4v) is 2.54. The number of aromatic amines is 1. The lowest BCUT2D eigenvalue weighted by atomic mass is 10.1. The summed E-state index contributed by atoms with van der Waals surface area (Å²) in [6, 6.07) is 18.1. The molecule has 0 saturated heterocycles. The van der Waals surface area contributed by atoms with Gasteiger partial charge in [0.2, 0.25) is 0 Å². The monoisotopic (exact) mass is 318 g/mol. The van der Waals surface area contributed by atoms with E-state index in [-0.39, 0.29) is 0 Å². The minimum absolute atomic E-state index is 0.407. The van der Waals surface area contributed by atoms with E-state index in [1.165, 1.54) is 5.56 Å². The minimum Gasteiger partial charge on any atom is -0.414 e. The maximum absolute atomic E-state index is 10.7. The summed E-state index contributed by atoms with van der Waals surface area (Å²) in [5.74, 6) is 0.407. The number of H-pyrrole nitrogens is 1. The molecule has 0 radical (unpaired) electrons. The topological polar surface area (TPSA) is 54.4 Å². The Morgan fingerprint density at radius 1 is 1.08 bits per heavy atom. The van der Waals surface area contributed by atoms with Gasteiger partial charge in [0.15, 0.2) is 5.90 Å². The summed E-state index contributed by atoms with van der Waals surface area (Å²) in [7, 11) is 0. The fraction of sp³-hybridized carbons (Fsp3) is 0.100. The van der Waals surface area contributed by atoms with E-state index < -0.39 is 0 Å². The SMILES string of the molecule is O=CO/C(CCc1ccccc1)=N\C=C\c1c[nH]c2ccccc12. The lowest BCUT2D eigenvalue weighted by Gasteiger charge is -2.02. The molecule has 3 rings (SSSR count). The third-order valence-corrected chi connectivity index (χ3v) is 3.75. The molecular formula is C20H18N2O2. The zero-order chi connectivity index (χ0) is 16.6. The summed E-state index contributed by atoms with van der Waals surface area (Å²) in [6.45, 7) is 0.420. The van der Waals surface area contributed by atoms with Gasteiger partial charge in [0.05, 0.1) is 0 Å². The van der Waals surface area contributed by atoms with Crippen LogP contribution in [-0.4, -0.2) is 17.4 Å². The Morgan fingerprint density at radius 2 is 1.88 bits per heavy atom. The molecule has 4 heteroatoms. The number of benzene rings is 2. The van der Waals surface area contributed by atoms with Crippen molar-refractivity contribution in [3.63, 3.8) is 0 Å². The second kappa shape index (κ2) is 7.92. The molecule has 0 bridgehead atoms. The van der Waals surface area contributed by atoms with Crippen molar-refractivity contribution in [1.29, 1.82) is 0 Å². The minimum atomic E-state index is 0.407. The van der Waals surface area contributed by atoms with Crippen LogP contribution < -0.4 is 0 Å². The third kappa shape index (κ3) is 3.98. The number of hydrogen-bond acceptors (Lipinski definition) is 3. The molecule has 0 spiro atoms. The number of hydrogen-bond donors (Lipinski definition) is 1. The van der Waals surface area contributed by atoms with Gasteiger partial charge in [0, 0.05) is 35.3 Å². The van der Waals surface area contributed by atoms with E-state index in [9.17, 15) is 4.79 Å². The van der Waals surface area contributed by atoms with E-state index in [1.807, 2.05) is 66.9 Å². The number of para-hydroxylation sites is 1. The van der Waals surface area contributed by atoms with Crippen molar-refractivity contribution in [3.05, 3.63) is 78.1 Å². The number of fused-ring (bicyclic) bond motifs is 1. The van der Waals surface area contributed by atoms with Gasteiger partial charge >= 0.3 is 0 Å². The number of nitrogens with zero attached hydrogens (tertiary/aromatic N) is 1. The van der Waals surface area contributed by atoms with Gasteiger partial charge in [-0.1, -0.05) is 48.5 Å². The second-order valence-corrected chi connectivity index (χ2v) is 5.33. The summed E-state index contributed by atoms with van der Waals surface area (Å²) in [5.41, 5.74) is 3.30. The van der Waals surface area contributed by atoms with Crippen LogP contribution >= 0.6 is 0 Å². The zero-order valence-electron chi connectivity index (χ0n) is 13.2. The lowest BCUT2D eigenvalue weighted by Crippen LogP contribution is -2.04. The highest BCUT2D eigenvalue weighted by molar-refractivity contribution is 5.89. The van der Waals surface area contributed by atoms with Gasteiger partial charge in [-0.3, -0.25) is 4.79 Å². The Hall–Kier alpha value is -3.14. The van der Waals surface area contributed by atoms with E-state index in [4.69, 9.17) is 4.74 Å². The van der Waals surface area contributed by atoms with Gasteiger partial charge in [-0.15, -0.1) is 0 Å². The average molecular weight is 318 g/mol. The number of nitrogens with one attached hydrogen (secondary N) is 1. The Labute approximate surface area is 140 Å². The number of carbonyl (C=O) groups is 1. The van der Waals surface area contributed by atoms with E-state index >= 15 is 0 Å². The maximum Gasteiger partial charge on any atom is 0.299 e. The largest absolute Gasteiger partial charge is 0.414 e. The average Bonchev–Trinajstić information content (AvgIpc) is 3.04. The second-order valence-electron chi connectivity index (χ2n) is 5.33. The molecule has 0 aliphatic heterocycles. The third-order valence-electron chi connectivity index (χ3n) is 3.75. The summed E-state index contributed by atoms with van der Waals surface area (Å²) in [6.07, 6.45) is 6.84. The molecule has 0 aliphatic rings. The van der Waals surface area contributed by atoms with E-state index in [0.29, 0.717) is 18.8 Å². The van der Waals surface area contributed by atoms with Crippen molar-refractivity contribution < 1.29 is 9.53 Å². The molecule has 0 atom stereocenters. The Kier molecular flexibility index (Phi) is 5.20. The Morgan fingerprint density at radius 3 is 2.71 bits per heavy atom. The van der Waals surface area contributed by atoms with Crippen molar-refractivity contribution in [2.24, 2.45) is 4.99 Å². The highest BCUT2D eigenvalue weighted by Crippen LogP contribution is 2.18. The molecule has 2 aromatic carbocycles. The van der Waals surface area contributed by atoms with Gasteiger partial charge in [-0.2, -0.15) is 0 Å². The van der Waals surface area contributed by atoms with E-state index in [2.05, 4.69) is 9.98 Å². The fourth-order valence-electron chi connectivity index (χ4n) is 2.54. The first kappa shape index (κ1) is 15.7. The van der Waals surface area contributed by atoms with E-state index in [0.717, 1.165) is 22.9 Å². The highest BCUT2D eigenvalue weighted by atomic mass is 16.5. The van der Waals surface area contributed by atoms with Crippen LogP contribution in [0.4, 0.5) is 0 Å². The number of rotatable bonds is 6. The van der Waals surface area contributed by atoms with Crippen LogP contribution in [0.3, 0.4) is 0 Å². The smallest absolute Gasteiger partial charge is 0.299 e. The van der Waals surface area contributed by atoms with E-state index in [1.54, 1.807) is 6.20 Å². The standard InChI is InChI=1S/C20H18N2O2/c23-15-24-20(11-10-16-6-2-1-3-7-16)21-13-12-17-14-22-19-9-5-4-8-18(17)19/h1-9,12-15,22H,10-11H2/b13-12+,21-20-. The summed E-state index contributed by atoms with van der Waals surface area (Å²) >= 11 is 0. The summed E-state index contributed by atoms with van der Waals surface area (Å²) in [5, 5.41) is 1.13. The predicted molar refractivity (Wildman–Crippen MR) is 96.7 cm³/mol. The first-order chi connectivity index (χ1) is 11.9. The molecule has 0 saturated carbocycles. The van der Waals surface area contributed by atoms with Crippen LogP contribution in [0.1, 0.15) is 17.5 Å². The maximum atomic E-state index is 10.7. The molecule has 0 unspecified atom stereocenters. The molecule has 24 heavy (non-hydrogen) atoms. The number of ether oxygens (including phenoxy) is 1.